The van der Waals surface area contributed by atoms with Crippen LogP contribution in [-0.4, -0.2) is 17.6 Å². The van der Waals surface area contributed by atoms with E-state index >= 15 is 0 Å². The van der Waals surface area contributed by atoms with E-state index in [9.17, 15) is 22.8 Å². The Balaban J connectivity index is 1.81. The number of carbonyl (C=O) groups is 2. The van der Waals surface area contributed by atoms with E-state index in [0.29, 0.717) is 11.1 Å². The fraction of sp³-hybridized carbons (Fsp3) is 0.0455. The summed E-state index contributed by atoms with van der Waals surface area (Å²) >= 11 is 0. The van der Waals surface area contributed by atoms with Crippen molar-refractivity contribution in [3.05, 3.63) is 102 Å². The SMILES string of the molecule is O=C(Nc1cccc(C(F)(F)F)c1)ON=C(C(=O)c1ccccc1)c1ccccc1. The van der Waals surface area contributed by atoms with Crippen molar-refractivity contribution in [3.63, 3.8) is 0 Å². The van der Waals surface area contributed by atoms with Crippen molar-refractivity contribution in [2.24, 2.45) is 5.16 Å². The third-order valence-electron chi connectivity index (χ3n) is 3.95. The molecule has 3 aromatic carbocycles. The molecule has 0 atom stereocenters. The van der Waals surface area contributed by atoms with Gasteiger partial charge in [-0.05, 0) is 18.2 Å². The average molecular weight is 412 g/mol. The van der Waals surface area contributed by atoms with Crippen LogP contribution in [0.25, 0.3) is 0 Å². The maximum Gasteiger partial charge on any atom is 0.437 e. The van der Waals surface area contributed by atoms with Crippen LogP contribution in [0.3, 0.4) is 0 Å². The fourth-order valence-corrected chi connectivity index (χ4v) is 2.55. The lowest BCUT2D eigenvalue weighted by molar-refractivity contribution is -0.137. The van der Waals surface area contributed by atoms with E-state index in [1.54, 1.807) is 60.7 Å². The Morgan fingerprint density at radius 2 is 1.40 bits per heavy atom. The van der Waals surface area contributed by atoms with Crippen molar-refractivity contribution < 1.29 is 27.6 Å². The molecule has 5 nitrogen and oxygen atoms in total. The molecule has 0 saturated heterocycles. The van der Waals surface area contributed by atoms with E-state index < -0.39 is 23.6 Å². The molecule has 8 heteroatoms. The van der Waals surface area contributed by atoms with Crippen molar-refractivity contribution >= 4 is 23.3 Å². The van der Waals surface area contributed by atoms with Crippen LogP contribution in [0.2, 0.25) is 0 Å². The Hall–Kier alpha value is -3.94. The highest BCUT2D eigenvalue weighted by Gasteiger charge is 2.30. The molecule has 0 bridgehead atoms. The quantitative estimate of drug-likeness (QED) is 0.259. The summed E-state index contributed by atoms with van der Waals surface area (Å²) in [5.74, 6) is -0.478. The van der Waals surface area contributed by atoms with E-state index in [-0.39, 0.29) is 11.4 Å². The highest BCUT2D eigenvalue weighted by molar-refractivity contribution is 6.51. The molecule has 152 valence electrons. The summed E-state index contributed by atoms with van der Waals surface area (Å²) in [5, 5.41) is 5.83. The molecule has 0 saturated carbocycles. The first-order chi connectivity index (χ1) is 14.3. The maximum absolute atomic E-state index is 12.8. The van der Waals surface area contributed by atoms with Crippen LogP contribution in [0.15, 0.2) is 90.1 Å². The smallest absolute Gasteiger partial charge is 0.297 e. The zero-order valence-corrected chi connectivity index (χ0v) is 15.4. The number of rotatable bonds is 5. The first-order valence-electron chi connectivity index (χ1n) is 8.73. The first-order valence-corrected chi connectivity index (χ1v) is 8.73. The number of alkyl halides is 3. The molecule has 1 N–H and O–H groups in total. The number of carbonyl (C=O) groups excluding carboxylic acids is 2. The minimum Gasteiger partial charge on any atom is -0.297 e. The number of hydrogen-bond acceptors (Lipinski definition) is 4. The molecular formula is C22H15F3N2O3. The predicted octanol–water partition coefficient (Wildman–Crippen LogP) is 5.54. The fourth-order valence-electron chi connectivity index (χ4n) is 2.55. The van der Waals surface area contributed by atoms with Gasteiger partial charge in [-0.25, -0.2) is 4.79 Å². The van der Waals surface area contributed by atoms with Crippen LogP contribution in [-0.2, 0) is 11.0 Å². The minimum atomic E-state index is -4.55. The van der Waals surface area contributed by atoms with Gasteiger partial charge in [-0.15, -0.1) is 0 Å². The molecular weight excluding hydrogens is 397 g/mol. The Kier molecular flexibility index (Phi) is 6.26. The predicted molar refractivity (Wildman–Crippen MR) is 105 cm³/mol. The van der Waals surface area contributed by atoms with Gasteiger partial charge in [0.1, 0.15) is 0 Å². The molecule has 0 aliphatic heterocycles. The number of amides is 1. The summed E-state index contributed by atoms with van der Waals surface area (Å²) < 4.78 is 38.4. The monoisotopic (exact) mass is 412 g/mol. The number of benzene rings is 3. The Bertz CT molecular complexity index is 1070. The lowest BCUT2D eigenvalue weighted by atomic mass is 10.0. The molecule has 0 aliphatic rings. The van der Waals surface area contributed by atoms with Crippen molar-refractivity contribution in [1.82, 2.24) is 0 Å². The molecule has 0 heterocycles. The van der Waals surface area contributed by atoms with E-state index in [1.165, 1.54) is 6.07 Å². The van der Waals surface area contributed by atoms with Gasteiger partial charge in [0, 0.05) is 16.8 Å². The Labute approximate surface area is 169 Å². The first kappa shape index (κ1) is 20.8. The van der Waals surface area contributed by atoms with Crippen molar-refractivity contribution in [2.75, 3.05) is 5.32 Å². The Morgan fingerprint density at radius 3 is 2.00 bits per heavy atom. The molecule has 0 aliphatic carbocycles. The number of anilines is 1. The third kappa shape index (κ3) is 5.32. The van der Waals surface area contributed by atoms with Gasteiger partial charge < -0.3 is 0 Å². The van der Waals surface area contributed by atoms with Crippen LogP contribution in [0.4, 0.5) is 23.7 Å². The molecule has 0 unspecified atom stereocenters. The number of ketones is 1. The lowest BCUT2D eigenvalue weighted by Crippen LogP contribution is -2.19. The van der Waals surface area contributed by atoms with Crippen LogP contribution < -0.4 is 5.32 Å². The summed E-state index contributed by atoms with van der Waals surface area (Å²) in [5.41, 5.74) is -0.421. The minimum absolute atomic E-state index is 0.124. The molecule has 3 rings (SSSR count). The zero-order chi connectivity index (χ0) is 21.6. The van der Waals surface area contributed by atoms with Gasteiger partial charge in [-0.2, -0.15) is 13.2 Å². The average Bonchev–Trinajstić information content (AvgIpc) is 2.75. The van der Waals surface area contributed by atoms with Crippen LogP contribution >= 0.6 is 0 Å². The number of halogens is 3. The number of Topliss-reactive ketones (excluding diaryl/α,β-unsaturated/α-hetero) is 1. The molecule has 0 aromatic heterocycles. The molecule has 0 fully saturated rings. The van der Waals surface area contributed by atoms with E-state index in [1.807, 2.05) is 0 Å². The Morgan fingerprint density at radius 1 is 0.800 bits per heavy atom. The van der Waals surface area contributed by atoms with Gasteiger partial charge in [-0.3, -0.25) is 14.9 Å². The lowest BCUT2D eigenvalue weighted by Gasteiger charge is -2.09. The summed E-state index contributed by atoms with van der Waals surface area (Å²) in [6, 6.07) is 20.7. The van der Waals surface area contributed by atoms with E-state index in [2.05, 4.69) is 10.5 Å². The summed E-state index contributed by atoms with van der Waals surface area (Å²) in [6.45, 7) is 0. The summed E-state index contributed by atoms with van der Waals surface area (Å²) in [4.78, 5) is 29.6. The topological polar surface area (TPSA) is 67.8 Å². The largest absolute Gasteiger partial charge is 0.437 e. The van der Waals surface area contributed by atoms with Gasteiger partial charge in [-0.1, -0.05) is 71.9 Å². The van der Waals surface area contributed by atoms with Gasteiger partial charge in [0.25, 0.3) is 0 Å². The second kappa shape index (κ2) is 9.04. The van der Waals surface area contributed by atoms with Crippen LogP contribution in [0.5, 0.6) is 0 Å². The van der Waals surface area contributed by atoms with Gasteiger partial charge in [0.15, 0.2) is 5.71 Å². The number of oxime groups is 1. The second-order valence-corrected chi connectivity index (χ2v) is 6.08. The maximum atomic E-state index is 12.8. The van der Waals surface area contributed by atoms with Crippen molar-refractivity contribution in [1.29, 1.82) is 0 Å². The molecule has 1 amide bonds. The molecule has 0 radical (unpaired) electrons. The van der Waals surface area contributed by atoms with E-state index in [4.69, 9.17) is 4.84 Å². The van der Waals surface area contributed by atoms with Gasteiger partial charge in [0.2, 0.25) is 5.78 Å². The highest BCUT2D eigenvalue weighted by Crippen LogP contribution is 2.30. The molecule has 0 spiro atoms. The second-order valence-electron chi connectivity index (χ2n) is 6.08. The summed E-state index contributed by atoms with van der Waals surface area (Å²) in [7, 11) is 0. The van der Waals surface area contributed by atoms with Gasteiger partial charge >= 0.3 is 12.3 Å². The standard InChI is InChI=1S/C22H15F3N2O3/c23-22(24,25)17-12-7-13-18(14-17)26-21(29)30-27-19(15-8-3-1-4-9-15)20(28)16-10-5-2-6-11-16/h1-14H,(H,26,29). The zero-order valence-electron chi connectivity index (χ0n) is 15.4. The van der Waals surface area contributed by atoms with Crippen molar-refractivity contribution in [2.45, 2.75) is 6.18 Å². The number of hydrogen-bond donors (Lipinski definition) is 1. The van der Waals surface area contributed by atoms with Crippen LogP contribution in [0, 0.1) is 0 Å². The normalized spacial score (nSPS) is 11.6. The molecule has 30 heavy (non-hydrogen) atoms. The molecule has 3 aromatic rings. The number of nitrogens with one attached hydrogen (secondary N) is 1. The highest BCUT2D eigenvalue weighted by atomic mass is 19.4. The van der Waals surface area contributed by atoms with Crippen molar-refractivity contribution in [3.8, 4) is 0 Å². The third-order valence-corrected chi connectivity index (χ3v) is 3.95. The van der Waals surface area contributed by atoms with Crippen LogP contribution in [0.1, 0.15) is 21.5 Å². The summed E-state index contributed by atoms with van der Waals surface area (Å²) in [6.07, 6.45) is -5.69. The van der Waals surface area contributed by atoms with E-state index in [0.717, 1.165) is 18.2 Å². The van der Waals surface area contributed by atoms with Gasteiger partial charge in [0.05, 0.1) is 5.56 Å². The number of nitrogens with zero attached hydrogens (tertiary/aromatic N) is 1.